The van der Waals surface area contributed by atoms with Crippen molar-refractivity contribution >= 4 is 5.78 Å². The molecular formula is C26H33FO. The third kappa shape index (κ3) is 2.45. The van der Waals surface area contributed by atoms with Crippen molar-refractivity contribution in [2.45, 2.75) is 72.1 Å². The Morgan fingerprint density at radius 3 is 2.46 bits per heavy atom. The monoisotopic (exact) mass is 380 g/mol. The zero-order chi connectivity index (χ0) is 19.7. The van der Waals surface area contributed by atoms with Crippen LogP contribution in [0.15, 0.2) is 35.4 Å². The van der Waals surface area contributed by atoms with Gasteiger partial charge in [-0.1, -0.05) is 25.0 Å². The number of Topliss-reactive ketones (excluding diaryl/α,β-unsaturated/α-hetero) is 1. The fourth-order valence-corrected chi connectivity index (χ4v) is 8.18. The molecule has 2 heteroatoms. The van der Waals surface area contributed by atoms with Gasteiger partial charge in [-0.25, -0.2) is 4.39 Å². The summed E-state index contributed by atoms with van der Waals surface area (Å²) in [4.78, 5) is 13.3. The van der Waals surface area contributed by atoms with Gasteiger partial charge >= 0.3 is 0 Å². The van der Waals surface area contributed by atoms with Crippen LogP contribution in [0, 0.1) is 40.3 Å². The van der Waals surface area contributed by atoms with E-state index in [1.807, 2.05) is 0 Å². The van der Waals surface area contributed by atoms with Crippen LogP contribution in [0.25, 0.3) is 0 Å². The summed E-state index contributed by atoms with van der Waals surface area (Å²) in [6, 6.07) is 6.22. The summed E-state index contributed by atoms with van der Waals surface area (Å²) >= 11 is 0. The van der Waals surface area contributed by atoms with E-state index in [-0.39, 0.29) is 22.9 Å². The molecule has 0 unspecified atom stereocenters. The Hall–Kier alpha value is -1.44. The van der Waals surface area contributed by atoms with Gasteiger partial charge in [-0.15, -0.1) is 0 Å². The smallest absolute Gasteiger partial charge is 0.166 e. The predicted octanol–water partition coefficient (Wildman–Crippen LogP) is 6.98. The lowest BCUT2D eigenvalue weighted by Crippen LogP contribution is -2.49. The van der Waals surface area contributed by atoms with Gasteiger partial charge < -0.3 is 0 Å². The molecule has 0 aliphatic heterocycles. The summed E-state index contributed by atoms with van der Waals surface area (Å²) in [7, 11) is 0. The van der Waals surface area contributed by atoms with Crippen molar-refractivity contribution in [3.63, 3.8) is 0 Å². The molecule has 4 aliphatic rings. The van der Waals surface area contributed by atoms with Crippen LogP contribution >= 0.6 is 0 Å². The minimum atomic E-state index is -0.265. The number of rotatable bonds is 2. The van der Waals surface area contributed by atoms with Gasteiger partial charge in [-0.2, -0.15) is 0 Å². The third-order valence-electron chi connectivity index (χ3n) is 9.65. The first-order valence-electron chi connectivity index (χ1n) is 11.3. The van der Waals surface area contributed by atoms with Gasteiger partial charge in [0.1, 0.15) is 5.82 Å². The molecule has 5 rings (SSSR count). The molecule has 150 valence electrons. The second-order valence-electron chi connectivity index (χ2n) is 10.6. The lowest BCUT2D eigenvalue weighted by Gasteiger charge is -2.56. The molecule has 0 bridgehead atoms. The van der Waals surface area contributed by atoms with E-state index in [2.05, 4.69) is 20.8 Å². The summed E-state index contributed by atoms with van der Waals surface area (Å²) in [6.45, 7) is 7.32. The highest BCUT2D eigenvalue weighted by Crippen LogP contribution is 2.68. The van der Waals surface area contributed by atoms with Gasteiger partial charge in [0.15, 0.2) is 5.78 Å². The molecule has 1 aromatic rings. The van der Waals surface area contributed by atoms with Crippen LogP contribution in [-0.4, -0.2) is 5.78 Å². The summed E-state index contributed by atoms with van der Waals surface area (Å²) < 4.78 is 13.3. The van der Waals surface area contributed by atoms with Crippen LogP contribution in [-0.2, 0) is 0 Å². The minimum absolute atomic E-state index is 0.110. The predicted molar refractivity (Wildman–Crippen MR) is 111 cm³/mol. The number of benzene rings is 1. The summed E-state index contributed by atoms with van der Waals surface area (Å²) in [5.41, 5.74) is 4.70. The highest BCUT2D eigenvalue weighted by Gasteiger charge is 2.60. The molecule has 0 N–H and O–H groups in total. The Bertz CT molecular complexity index is 836. The first kappa shape index (κ1) is 18.6. The van der Waals surface area contributed by atoms with E-state index in [0.717, 1.165) is 18.3 Å². The van der Waals surface area contributed by atoms with Crippen molar-refractivity contribution in [3.05, 3.63) is 46.8 Å². The number of ketones is 1. The number of hydrogen-bond acceptors (Lipinski definition) is 1. The summed E-state index contributed by atoms with van der Waals surface area (Å²) in [5, 5.41) is 0. The van der Waals surface area contributed by atoms with Crippen molar-refractivity contribution in [1.82, 2.24) is 0 Å². The lowest BCUT2D eigenvalue weighted by molar-refractivity contribution is -0.0412. The molecule has 0 saturated heterocycles. The fourth-order valence-electron chi connectivity index (χ4n) is 8.18. The topological polar surface area (TPSA) is 17.1 Å². The van der Waals surface area contributed by atoms with E-state index in [4.69, 9.17) is 0 Å². The van der Waals surface area contributed by atoms with E-state index in [1.165, 1.54) is 57.1 Å². The highest BCUT2D eigenvalue weighted by molar-refractivity contribution is 5.98. The zero-order valence-corrected chi connectivity index (χ0v) is 17.6. The van der Waals surface area contributed by atoms with Gasteiger partial charge in [-0.05, 0) is 111 Å². The van der Waals surface area contributed by atoms with Crippen LogP contribution in [0.4, 0.5) is 4.39 Å². The van der Waals surface area contributed by atoms with Gasteiger partial charge in [-0.3, -0.25) is 4.79 Å². The minimum Gasteiger partial charge on any atom is -0.294 e. The number of carbonyl (C=O) groups is 1. The molecule has 6 atom stereocenters. The van der Waals surface area contributed by atoms with E-state index in [9.17, 15) is 9.18 Å². The Labute approximate surface area is 168 Å². The number of fused-ring (bicyclic) bond motifs is 5. The number of halogens is 1. The van der Waals surface area contributed by atoms with Gasteiger partial charge in [0.05, 0.1) is 0 Å². The number of carbonyl (C=O) groups excluding carboxylic acids is 1. The fraction of sp³-hybridized carbons (Fsp3) is 0.654. The Morgan fingerprint density at radius 2 is 1.71 bits per heavy atom. The summed E-state index contributed by atoms with van der Waals surface area (Å²) in [6.07, 6.45) is 9.91. The van der Waals surface area contributed by atoms with E-state index in [1.54, 1.807) is 23.3 Å². The third-order valence-corrected chi connectivity index (χ3v) is 9.65. The molecule has 3 saturated carbocycles. The normalized spacial score (nSPS) is 42.1. The molecule has 28 heavy (non-hydrogen) atoms. The summed E-state index contributed by atoms with van der Waals surface area (Å²) in [5.74, 6) is 2.37. The Balaban J connectivity index is 1.43. The molecule has 0 heterocycles. The first-order chi connectivity index (χ1) is 13.3. The standard InChI is InChI=1S/C26H33FO/c1-16-12-14-25(2)20(16)9-8-19-21-10-11-23(26(21,3)15-13-22(19)25)24(28)17-4-6-18(27)7-5-17/h4-7,19,21-23H,8-15H2,1-3H3/t19-,21-,22+,23-,25-,26-/m1/s1. The van der Waals surface area contributed by atoms with Crippen LogP contribution in [0.3, 0.4) is 0 Å². The maximum Gasteiger partial charge on any atom is 0.166 e. The molecule has 0 radical (unpaired) electrons. The molecule has 0 spiro atoms. The van der Waals surface area contributed by atoms with Crippen LogP contribution in [0.1, 0.15) is 82.5 Å². The SMILES string of the molecule is CC1=C2CC[C@@H]3[C@H]4CC[C@H](C(=O)c5ccc(F)cc5)[C@]4(C)CC[C@@H]3[C@]2(C)CC1. The van der Waals surface area contributed by atoms with Crippen LogP contribution < -0.4 is 0 Å². The number of hydrogen-bond donors (Lipinski definition) is 0. The van der Waals surface area contributed by atoms with Crippen LogP contribution in [0.5, 0.6) is 0 Å². The maximum atomic E-state index is 13.3. The van der Waals surface area contributed by atoms with Crippen molar-refractivity contribution in [2.75, 3.05) is 0 Å². The van der Waals surface area contributed by atoms with E-state index < -0.39 is 0 Å². The Kier molecular flexibility index (Phi) is 4.17. The quantitative estimate of drug-likeness (QED) is 0.400. The Morgan fingerprint density at radius 1 is 0.964 bits per heavy atom. The molecule has 1 aromatic carbocycles. The van der Waals surface area contributed by atoms with Crippen molar-refractivity contribution in [2.24, 2.45) is 34.5 Å². The van der Waals surface area contributed by atoms with Gasteiger partial charge in [0.2, 0.25) is 0 Å². The van der Waals surface area contributed by atoms with Crippen LogP contribution in [0.2, 0.25) is 0 Å². The second-order valence-corrected chi connectivity index (χ2v) is 10.6. The molecule has 0 aromatic heterocycles. The van der Waals surface area contributed by atoms with E-state index >= 15 is 0 Å². The average Bonchev–Trinajstić information content (AvgIpc) is 3.18. The van der Waals surface area contributed by atoms with E-state index in [0.29, 0.717) is 16.9 Å². The molecular weight excluding hydrogens is 347 g/mol. The lowest BCUT2D eigenvalue weighted by atomic mass is 9.48. The van der Waals surface area contributed by atoms with Gasteiger partial charge in [0.25, 0.3) is 0 Å². The van der Waals surface area contributed by atoms with Gasteiger partial charge in [0, 0.05) is 11.5 Å². The highest BCUT2D eigenvalue weighted by atomic mass is 19.1. The van der Waals surface area contributed by atoms with Crippen molar-refractivity contribution in [3.8, 4) is 0 Å². The molecule has 0 amide bonds. The average molecular weight is 381 g/mol. The first-order valence-corrected chi connectivity index (χ1v) is 11.3. The molecule has 4 aliphatic carbocycles. The largest absolute Gasteiger partial charge is 0.294 e. The zero-order valence-electron chi connectivity index (χ0n) is 17.6. The molecule has 3 fully saturated rings. The number of allylic oxidation sites excluding steroid dienone is 2. The second kappa shape index (κ2) is 6.28. The van der Waals surface area contributed by atoms with Crippen molar-refractivity contribution < 1.29 is 9.18 Å². The maximum absolute atomic E-state index is 13.3. The van der Waals surface area contributed by atoms with Crippen molar-refractivity contribution in [1.29, 1.82) is 0 Å². The molecule has 1 nitrogen and oxygen atoms in total.